The topological polar surface area (TPSA) is 70.4 Å². The van der Waals surface area contributed by atoms with Crippen molar-refractivity contribution in [2.75, 3.05) is 11.5 Å². The summed E-state index contributed by atoms with van der Waals surface area (Å²) in [6.45, 7) is -0.0641. The molecule has 1 aliphatic heterocycles. The summed E-state index contributed by atoms with van der Waals surface area (Å²) in [4.78, 5) is 24.2. The van der Waals surface area contributed by atoms with Gasteiger partial charge in [0.1, 0.15) is 11.8 Å². The maximum absolute atomic E-state index is 11.5. The smallest absolute Gasteiger partial charge is 0.234 e. The van der Waals surface area contributed by atoms with Crippen LogP contribution in [0.1, 0.15) is 12.8 Å². The first-order chi connectivity index (χ1) is 8.22. The number of benzene rings is 1. The molecule has 1 heterocycles. The van der Waals surface area contributed by atoms with E-state index >= 15 is 0 Å². The summed E-state index contributed by atoms with van der Waals surface area (Å²) in [5.74, 6) is 0.0661. The van der Waals surface area contributed by atoms with Crippen molar-refractivity contribution in [2.45, 2.75) is 12.8 Å². The number of amides is 2. The Morgan fingerprint density at radius 3 is 2.65 bits per heavy atom. The van der Waals surface area contributed by atoms with Crippen molar-refractivity contribution in [2.24, 2.45) is 0 Å². The summed E-state index contributed by atoms with van der Waals surface area (Å²) in [5, 5.41) is 8.40. The van der Waals surface area contributed by atoms with Crippen LogP contribution in [-0.4, -0.2) is 18.4 Å². The molecule has 0 radical (unpaired) electrons. The molecular formula is C12H10N2O3. The normalized spacial score (nSPS) is 14.9. The second kappa shape index (κ2) is 4.66. The number of rotatable bonds is 3. The first kappa shape index (κ1) is 11.1. The molecule has 2 rings (SSSR count). The third kappa shape index (κ3) is 2.26. The van der Waals surface area contributed by atoms with Crippen LogP contribution in [0.4, 0.5) is 5.69 Å². The molecule has 1 aliphatic rings. The molecule has 1 aromatic rings. The van der Waals surface area contributed by atoms with Gasteiger partial charge in [0.25, 0.3) is 0 Å². The van der Waals surface area contributed by atoms with Gasteiger partial charge in [-0.2, -0.15) is 5.26 Å². The summed E-state index contributed by atoms with van der Waals surface area (Å²) in [6.07, 6.45) is 0.504. The van der Waals surface area contributed by atoms with Crippen molar-refractivity contribution in [1.82, 2.24) is 0 Å². The predicted molar refractivity (Wildman–Crippen MR) is 59.3 cm³/mol. The molecular weight excluding hydrogens is 220 g/mol. The van der Waals surface area contributed by atoms with E-state index in [9.17, 15) is 9.59 Å². The van der Waals surface area contributed by atoms with Crippen molar-refractivity contribution in [3.63, 3.8) is 0 Å². The fraction of sp³-hybridized carbons (Fsp3) is 0.250. The third-order valence-electron chi connectivity index (χ3n) is 2.43. The van der Waals surface area contributed by atoms with Crippen LogP contribution >= 0.6 is 0 Å². The monoisotopic (exact) mass is 230 g/mol. The molecule has 0 spiro atoms. The third-order valence-corrected chi connectivity index (χ3v) is 2.43. The van der Waals surface area contributed by atoms with Crippen molar-refractivity contribution in [3.05, 3.63) is 24.3 Å². The highest BCUT2D eigenvalue weighted by Crippen LogP contribution is 2.25. The van der Waals surface area contributed by atoms with Gasteiger partial charge in [0.15, 0.2) is 6.61 Å². The standard InChI is InChI=1S/C12H10N2O3/c13-6-7-17-10-3-1-2-9(8-10)14-11(15)4-5-12(14)16/h1-3,8H,4-5,7H2. The van der Waals surface area contributed by atoms with Crippen LogP contribution in [0.5, 0.6) is 5.75 Å². The van der Waals surface area contributed by atoms with Crippen LogP contribution in [0.2, 0.25) is 0 Å². The molecule has 5 heteroatoms. The summed E-state index contributed by atoms with van der Waals surface area (Å²) in [6, 6.07) is 8.46. The first-order valence-electron chi connectivity index (χ1n) is 5.18. The van der Waals surface area contributed by atoms with Gasteiger partial charge < -0.3 is 4.74 Å². The maximum atomic E-state index is 11.5. The number of nitriles is 1. The Labute approximate surface area is 98.2 Å². The van der Waals surface area contributed by atoms with E-state index in [-0.39, 0.29) is 31.3 Å². The fourth-order valence-electron chi connectivity index (χ4n) is 1.69. The lowest BCUT2D eigenvalue weighted by Crippen LogP contribution is -2.28. The highest BCUT2D eigenvalue weighted by atomic mass is 16.5. The maximum Gasteiger partial charge on any atom is 0.234 e. The van der Waals surface area contributed by atoms with Crippen LogP contribution in [0.25, 0.3) is 0 Å². The van der Waals surface area contributed by atoms with E-state index in [4.69, 9.17) is 10.00 Å². The van der Waals surface area contributed by atoms with E-state index in [1.807, 2.05) is 6.07 Å². The van der Waals surface area contributed by atoms with Gasteiger partial charge in [-0.3, -0.25) is 14.5 Å². The SMILES string of the molecule is N#CCOc1cccc(N2C(=O)CCC2=O)c1. The number of nitrogens with zero attached hydrogens (tertiary/aromatic N) is 2. The molecule has 0 unspecified atom stereocenters. The molecule has 0 saturated carbocycles. The molecule has 17 heavy (non-hydrogen) atoms. The Morgan fingerprint density at radius 2 is 2.00 bits per heavy atom. The molecule has 1 saturated heterocycles. The first-order valence-corrected chi connectivity index (χ1v) is 5.18. The number of anilines is 1. The summed E-state index contributed by atoms with van der Waals surface area (Å²) in [5.41, 5.74) is 0.493. The lowest BCUT2D eigenvalue weighted by molar-refractivity contribution is -0.121. The quantitative estimate of drug-likeness (QED) is 0.732. The van der Waals surface area contributed by atoms with Crippen molar-refractivity contribution < 1.29 is 14.3 Å². The van der Waals surface area contributed by atoms with Gasteiger partial charge >= 0.3 is 0 Å². The van der Waals surface area contributed by atoms with Gasteiger partial charge in [0.05, 0.1) is 5.69 Å². The Balaban J connectivity index is 2.24. The number of carbonyl (C=O) groups is 2. The van der Waals surface area contributed by atoms with Gasteiger partial charge in [-0.15, -0.1) is 0 Å². The van der Waals surface area contributed by atoms with Gasteiger partial charge in [-0.25, -0.2) is 0 Å². The van der Waals surface area contributed by atoms with Crippen LogP contribution in [0.3, 0.4) is 0 Å². The van der Waals surface area contributed by atoms with E-state index in [1.54, 1.807) is 24.3 Å². The number of imide groups is 1. The zero-order chi connectivity index (χ0) is 12.3. The molecule has 1 aromatic carbocycles. The zero-order valence-corrected chi connectivity index (χ0v) is 9.05. The van der Waals surface area contributed by atoms with E-state index < -0.39 is 0 Å². The Kier molecular flexibility index (Phi) is 3.06. The van der Waals surface area contributed by atoms with Crippen molar-refractivity contribution >= 4 is 17.5 Å². The van der Waals surface area contributed by atoms with Crippen LogP contribution in [-0.2, 0) is 9.59 Å². The average Bonchev–Trinajstić information content (AvgIpc) is 2.67. The van der Waals surface area contributed by atoms with Gasteiger partial charge in [-0.05, 0) is 12.1 Å². The van der Waals surface area contributed by atoms with E-state index in [2.05, 4.69) is 0 Å². The van der Waals surface area contributed by atoms with E-state index in [0.717, 1.165) is 4.90 Å². The lowest BCUT2D eigenvalue weighted by atomic mass is 10.3. The number of hydrogen-bond acceptors (Lipinski definition) is 4. The van der Waals surface area contributed by atoms with Gasteiger partial charge in [0.2, 0.25) is 11.8 Å². The molecule has 0 bridgehead atoms. The highest BCUT2D eigenvalue weighted by Gasteiger charge is 2.30. The number of hydrogen-bond donors (Lipinski definition) is 0. The fourth-order valence-corrected chi connectivity index (χ4v) is 1.69. The summed E-state index contributed by atoms with van der Waals surface area (Å²) < 4.78 is 5.12. The molecule has 0 aliphatic carbocycles. The molecule has 1 fully saturated rings. The average molecular weight is 230 g/mol. The largest absolute Gasteiger partial charge is 0.479 e. The molecule has 86 valence electrons. The minimum absolute atomic E-state index is 0.0641. The van der Waals surface area contributed by atoms with Crippen LogP contribution < -0.4 is 9.64 Å². The lowest BCUT2D eigenvalue weighted by Gasteiger charge is -2.14. The molecule has 0 atom stereocenters. The zero-order valence-electron chi connectivity index (χ0n) is 9.05. The second-order valence-electron chi connectivity index (χ2n) is 3.57. The highest BCUT2D eigenvalue weighted by molar-refractivity contribution is 6.19. The number of ether oxygens (including phenoxy) is 1. The van der Waals surface area contributed by atoms with E-state index in [1.165, 1.54) is 0 Å². The molecule has 0 aromatic heterocycles. The molecule has 2 amide bonds. The molecule has 5 nitrogen and oxygen atoms in total. The van der Waals surface area contributed by atoms with Crippen molar-refractivity contribution in [3.8, 4) is 11.8 Å². The predicted octanol–water partition coefficient (Wildman–Crippen LogP) is 1.24. The second-order valence-corrected chi connectivity index (χ2v) is 3.57. The Bertz CT molecular complexity index is 489. The van der Waals surface area contributed by atoms with E-state index in [0.29, 0.717) is 11.4 Å². The Morgan fingerprint density at radius 1 is 1.29 bits per heavy atom. The molecule has 0 N–H and O–H groups in total. The van der Waals surface area contributed by atoms with Crippen LogP contribution in [0.15, 0.2) is 24.3 Å². The van der Waals surface area contributed by atoms with Crippen molar-refractivity contribution in [1.29, 1.82) is 5.26 Å². The summed E-state index contributed by atoms with van der Waals surface area (Å²) in [7, 11) is 0. The number of carbonyl (C=O) groups excluding carboxylic acids is 2. The summed E-state index contributed by atoms with van der Waals surface area (Å²) >= 11 is 0. The van der Waals surface area contributed by atoms with Crippen LogP contribution in [0, 0.1) is 11.3 Å². The minimum Gasteiger partial charge on any atom is -0.479 e. The van der Waals surface area contributed by atoms with Gasteiger partial charge in [0, 0.05) is 18.9 Å². The minimum atomic E-state index is -0.201. The Hall–Kier alpha value is -2.35. The van der Waals surface area contributed by atoms with Gasteiger partial charge in [-0.1, -0.05) is 6.07 Å².